The van der Waals surface area contributed by atoms with Gasteiger partial charge >= 0.3 is 0 Å². The van der Waals surface area contributed by atoms with Crippen LogP contribution in [0.15, 0.2) is 0 Å². The van der Waals surface area contributed by atoms with Crippen LogP contribution in [0.1, 0.15) is 72.1 Å². The fourth-order valence-corrected chi connectivity index (χ4v) is 3.89. The first kappa shape index (κ1) is 14.4. The van der Waals surface area contributed by atoms with E-state index in [0.29, 0.717) is 0 Å². The molecule has 2 saturated carbocycles. The van der Waals surface area contributed by atoms with Crippen LogP contribution in [0.25, 0.3) is 0 Å². The Bertz CT molecular complexity index is 226. The topological polar surface area (TPSA) is 12.0 Å². The summed E-state index contributed by atoms with van der Waals surface area (Å²) in [5.74, 6) is 3.77. The van der Waals surface area contributed by atoms with E-state index in [1.165, 1.54) is 57.9 Å². The number of hydrogen-bond acceptors (Lipinski definition) is 1. The normalized spacial score (nSPS) is 24.7. The van der Waals surface area contributed by atoms with Gasteiger partial charge in [0.1, 0.15) is 0 Å². The monoisotopic (exact) mass is 251 g/mol. The van der Waals surface area contributed by atoms with Gasteiger partial charge in [-0.3, -0.25) is 0 Å². The van der Waals surface area contributed by atoms with E-state index < -0.39 is 0 Å². The number of rotatable bonds is 8. The molecule has 0 bridgehead atoms. The molecular formula is C17H33N. The van der Waals surface area contributed by atoms with Crippen LogP contribution in [0.4, 0.5) is 0 Å². The summed E-state index contributed by atoms with van der Waals surface area (Å²) in [5, 5.41) is 3.79. The van der Waals surface area contributed by atoms with Crippen molar-refractivity contribution in [3.8, 4) is 0 Å². The van der Waals surface area contributed by atoms with Crippen molar-refractivity contribution < 1.29 is 0 Å². The average Bonchev–Trinajstić information content (AvgIpc) is 2.95. The molecule has 1 nitrogen and oxygen atoms in total. The lowest BCUT2D eigenvalue weighted by molar-refractivity contribution is 0.250. The Balaban J connectivity index is 1.77. The Morgan fingerprint density at radius 3 is 2.17 bits per heavy atom. The largest absolute Gasteiger partial charge is 0.314 e. The molecule has 2 unspecified atom stereocenters. The Hall–Kier alpha value is -0.0400. The van der Waals surface area contributed by atoms with Gasteiger partial charge in [-0.1, -0.05) is 46.5 Å². The predicted molar refractivity (Wildman–Crippen MR) is 79.7 cm³/mol. The lowest BCUT2D eigenvalue weighted by atomic mass is 9.81. The molecule has 0 aromatic rings. The summed E-state index contributed by atoms with van der Waals surface area (Å²) in [6.45, 7) is 8.50. The van der Waals surface area contributed by atoms with Crippen molar-refractivity contribution in [2.75, 3.05) is 6.54 Å². The van der Waals surface area contributed by atoms with E-state index in [1.54, 1.807) is 0 Å². The quantitative estimate of drug-likeness (QED) is 0.664. The number of hydrogen-bond donors (Lipinski definition) is 1. The number of nitrogens with one attached hydrogen (secondary N) is 1. The van der Waals surface area contributed by atoms with Crippen molar-refractivity contribution in [3.05, 3.63) is 0 Å². The molecule has 2 aliphatic carbocycles. The Morgan fingerprint density at radius 1 is 0.944 bits per heavy atom. The van der Waals surface area contributed by atoms with Crippen LogP contribution in [0.5, 0.6) is 0 Å². The molecule has 2 aliphatic rings. The molecule has 2 fully saturated rings. The van der Waals surface area contributed by atoms with Gasteiger partial charge in [0, 0.05) is 6.04 Å². The third-order valence-corrected chi connectivity index (χ3v) is 4.89. The second-order valence-corrected chi connectivity index (χ2v) is 7.46. The summed E-state index contributed by atoms with van der Waals surface area (Å²) in [6.07, 6.45) is 11.7. The first-order chi connectivity index (χ1) is 8.65. The Labute approximate surface area is 114 Å². The van der Waals surface area contributed by atoms with E-state index in [9.17, 15) is 0 Å². The summed E-state index contributed by atoms with van der Waals surface area (Å²) in [6, 6.07) is 0.884. The molecule has 106 valence electrons. The molecule has 0 aliphatic heterocycles. The zero-order valence-electron chi connectivity index (χ0n) is 12.8. The maximum atomic E-state index is 3.79. The van der Waals surface area contributed by atoms with Gasteiger partial charge < -0.3 is 5.32 Å². The lowest BCUT2D eigenvalue weighted by Crippen LogP contribution is -2.30. The van der Waals surface area contributed by atoms with E-state index in [2.05, 4.69) is 26.1 Å². The van der Waals surface area contributed by atoms with Gasteiger partial charge in [-0.25, -0.2) is 0 Å². The molecule has 0 heterocycles. The van der Waals surface area contributed by atoms with Crippen LogP contribution in [0, 0.1) is 23.7 Å². The molecule has 1 N–H and O–H groups in total. The van der Waals surface area contributed by atoms with E-state index in [4.69, 9.17) is 0 Å². The SMILES string of the molecule is CC(C)CC(C)CC(CNC1CC1)C1CCCC1. The molecule has 0 radical (unpaired) electrons. The first-order valence-corrected chi connectivity index (χ1v) is 8.38. The molecule has 0 saturated heterocycles. The van der Waals surface area contributed by atoms with Gasteiger partial charge in [-0.2, -0.15) is 0 Å². The van der Waals surface area contributed by atoms with Gasteiger partial charge in [0.2, 0.25) is 0 Å². The van der Waals surface area contributed by atoms with Crippen molar-refractivity contribution in [2.24, 2.45) is 23.7 Å². The molecule has 0 spiro atoms. The van der Waals surface area contributed by atoms with Gasteiger partial charge in [0.05, 0.1) is 0 Å². The molecule has 18 heavy (non-hydrogen) atoms. The average molecular weight is 251 g/mol. The second-order valence-electron chi connectivity index (χ2n) is 7.46. The molecular weight excluding hydrogens is 218 g/mol. The summed E-state index contributed by atoms with van der Waals surface area (Å²) < 4.78 is 0. The summed E-state index contributed by atoms with van der Waals surface area (Å²) in [5.41, 5.74) is 0. The zero-order valence-corrected chi connectivity index (χ0v) is 12.8. The van der Waals surface area contributed by atoms with Crippen LogP contribution in [-0.2, 0) is 0 Å². The van der Waals surface area contributed by atoms with Crippen LogP contribution in [0.3, 0.4) is 0 Å². The van der Waals surface area contributed by atoms with Crippen molar-refractivity contribution in [3.63, 3.8) is 0 Å². The van der Waals surface area contributed by atoms with Crippen molar-refractivity contribution >= 4 is 0 Å². The highest BCUT2D eigenvalue weighted by atomic mass is 14.9. The smallest absolute Gasteiger partial charge is 0.00683 e. The maximum absolute atomic E-state index is 3.79. The van der Waals surface area contributed by atoms with E-state index in [-0.39, 0.29) is 0 Å². The maximum Gasteiger partial charge on any atom is 0.00683 e. The Morgan fingerprint density at radius 2 is 1.61 bits per heavy atom. The molecule has 2 atom stereocenters. The Kier molecular flexibility index (Phi) is 5.54. The lowest BCUT2D eigenvalue weighted by Gasteiger charge is -2.27. The molecule has 1 heteroatoms. The van der Waals surface area contributed by atoms with Crippen molar-refractivity contribution in [1.82, 2.24) is 5.32 Å². The minimum absolute atomic E-state index is 0.862. The molecule has 0 aromatic heterocycles. The zero-order chi connectivity index (χ0) is 13.0. The fraction of sp³-hybridized carbons (Fsp3) is 1.00. The van der Waals surface area contributed by atoms with Crippen LogP contribution >= 0.6 is 0 Å². The summed E-state index contributed by atoms with van der Waals surface area (Å²) in [7, 11) is 0. The van der Waals surface area contributed by atoms with Gasteiger partial charge in [-0.05, 0) is 55.9 Å². The van der Waals surface area contributed by atoms with E-state index in [0.717, 1.165) is 29.7 Å². The van der Waals surface area contributed by atoms with E-state index >= 15 is 0 Å². The molecule has 0 aromatic carbocycles. The first-order valence-electron chi connectivity index (χ1n) is 8.38. The van der Waals surface area contributed by atoms with Crippen molar-refractivity contribution in [2.45, 2.75) is 78.2 Å². The third-order valence-electron chi connectivity index (χ3n) is 4.89. The fourth-order valence-electron chi connectivity index (χ4n) is 3.89. The second kappa shape index (κ2) is 6.93. The molecule has 0 amide bonds. The van der Waals surface area contributed by atoms with Gasteiger partial charge in [0.25, 0.3) is 0 Å². The minimum atomic E-state index is 0.862. The van der Waals surface area contributed by atoms with Crippen LogP contribution in [0.2, 0.25) is 0 Å². The van der Waals surface area contributed by atoms with Gasteiger partial charge in [0.15, 0.2) is 0 Å². The summed E-state index contributed by atoms with van der Waals surface area (Å²) >= 11 is 0. The highest BCUT2D eigenvalue weighted by Gasteiger charge is 2.28. The standard InChI is InChI=1S/C17H33N/c1-13(2)10-14(3)11-16(12-18-17-8-9-17)15-6-4-5-7-15/h13-18H,4-12H2,1-3H3. The summed E-state index contributed by atoms with van der Waals surface area (Å²) in [4.78, 5) is 0. The minimum Gasteiger partial charge on any atom is -0.314 e. The van der Waals surface area contributed by atoms with Crippen LogP contribution in [-0.4, -0.2) is 12.6 Å². The third kappa shape index (κ3) is 4.91. The van der Waals surface area contributed by atoms with Crippen molar-refractivity contribution in [1.29, 1.82) is 0 Å². The molecule has 2 rings (SSSR count). The highest BCUT2D eigenvalue weighted by molar-refractivity contribution is 4.85. The van der Waals surface area contributed by atoms with Gasteiger partial charge in [-0.15, -0.1) is 0 Å². The predicted octanol–water partition coefficient (Wildman–Crippen LogP) is 4.62. The van der Waals surface area contributed by atoms with E-state index in [1.807, 2.05) is 0 Å². The highest BCUT2D eigenvalue weighted by Crippen LogP contribution is 2.36. The van der Waals surface area contributed by atoms with Crippen LogP contribution < -0.4 is 5.32 Å².